The highest BCUT2D eigenvalue weighted by molar-refractivity contribution is 8.59. The molecule has 0 aromatic heterocycles. The first kappa shape index (κ1) is 12.4. The van der Waals surface area contributed by atoms with Crippen LogP contribution in [-0.2, 0) is 21.1 Å². The van der Waals surface area contributed by atoms with Gasteiger partial charge in [-0.15, -0.1) is 0 Å². The number of methoxy groups -OCH3 is 1. The summed E-state index contributed by atoms with van der Waals surface area (Å²) in [7, 11) is 3.04. The third-order valence-electron chi connectivity index (χ3n) is 1.07. The fourth-order valence-electron chi connectivity index (χ4n) is 0.690. The lowest BCUT2D eigenvalue weighted by molar-refractivity contribution is 0.246. The molecule has 0 saturated heterocycles. The van der Waals surface area contributed by atoms with E-state index in [1.54, 1.807) is 14.0 Å². The first-order valence-electron chi connectivity index (χ1n) is 3.15. The van der Waals surface area contributed by atoms with Crippen molar-refractivity contribution in [3.05, 3.63) is 0 Å². The zero-order valence-corrected chi connectivity index (χ0v) is 9.70. The highest BCUT2D eigenvalue weighted by Crippen LogP contribution is 2.48. The van der Waals surface area contributed by atoms with Crippen molar-refractivity contribution in [1.82, 2.24) is 0 Å². The maximum absolute atomic E-state index is 9.09. The molecule has 0 saturated carbocycles. The van der Waals surface area contributed by atoms with Gasteiger partial charge in [-0.25, -0.2) is 0 Å². The second-order valence-electron chi connectivity index (χ2n) is 2.00. The Kier molecular flexibility index (Phi) is 5.36. The Morgan fingerprint density at radius 3 is 2.50 bits per heavy atom. The van der Waals surface area contributed by atoms with Crippen LogP contribution in [0.1, 0.15) is 6.92 Å². The summed E-state index contributed by atoms with van der Waals surface area (Å²) in [6, 6.07) is 0. The van der Waals surface area contributed by atoms with E-state index in [9.17, 15) is 0 Å². The Morgan fingerprint density at radius 1 is 1.75 bits per heavy atom. The quantitative estimate of drug-likeness (QED) is 0.330. The SMILES string of the molecule is CN=C(OC)C(C)OP(O)(=S)S. The molecule has 0 bridgehead atoms. The zero-order chi connectivity index (χ0) is 9.78. The Balaban J connectivity index is 4.21. The third-order valence-corrected chi connectivity index (χ3v) is 2.20. The fourth-order valence-corrected chi connectivity index (χ4v) is 2.00. The van der Waals surface area contributed by atoms with E-state index < -0.39 is 11.8 Å². The average Bonchev–Trinajstić information content (AvgIpc) is 1.85. The van der Waals surface area contributed by atoms with Crippen molar-refractivity contribution in [2.45, 2.75) is 13.0 Å². The van der Waals surface area contributed by atoms with E-state index in [1.165, 1.54) is 7.11 Å². The van der Waals surface area contributed by atoms with E-state index in [-0.39, 0.29) is 0 Å². The highest BCUT2D eigenvalue weighted by Gasteiger charge is 2.17. The Labute approximate surface area is 82.3 Å². The Morgan fingerprint density at radius 2 is 2.25 bits per heavy atom. The van der Waals surface area contributed by atoms with Crippen molar-refractivity contribution in [1.29, 1.82) is 0 Å². The number of nitrogens with zero attached hydrogens (tertiary/aromatic N) is 1. The van der Waals surface area contributed by atoms with Crippen LogP contribution in [0.15, 0.2) is 4.99 Å². The minimum Gasteiger partial charge on any atom is -0.482 e. The molecule has 2 atom stereocenters. The molecule has 0 aliphatic carbocycles. The number of hydrogen-bond acceptors (Lipinski definition) is 4. The maximum Gasteiger partial charge on any atom is 0.242 e. The van der Waals surface area contributed by atoms with Gasteiger partial charge in [0, 0.05) is 7.05 Å². The summed E-state index contributed by atoms with van der Waals surface area (Å²) in [6.45, 7) is 1.68. The van der Waals surface area contributed by atoms with Crippen LogP contribution in [0, 0.1) is 0 Å². The van der Waals surface area contributed by atoms with Crippen molar-refractivity contribution < 1.29 is 14.2 Å². The summed E-state index contributed by atoms with van der Waals surface area (Å²) >= 11 is 8.29. The Bertz CT molecular complexity index is 215. The van der Waals surface area contributed by atoms with Crippen LogP contribution in [0.5, 0.6) is 0 Å². The van der Waals surface area contributed by atoms with Gasteiger partial charge in [0.05, 0.1) is 7.11 Å². The van der Waals surface area contributed by atoms with Gasteiger partial charge in [-0.1, -0.05) is 12.2 Å². The molecule has 4 nitrogen and oxygen atoms in total. The molecule has 12 heavy (non-hydrogen) atoms. The number of rotatable bonds is 3. The summed E-state index contributed by atoms with van der Waals surface area (Å²) in [5.41, 5.74) is -2.94. The average molecular weight is 229 g/mol. The molecular weight excluding hydrogens is 217 g/mol. The van der Waals surface area contributed by atoms with Gasteiger partial charge >= 0.3 is 0 Å². The zero-order valence-electron chi connectivity index (χ0n) is 7.09. The largest absolute Gasteiger partial charge is 0.482 e. The van der Waals surface area contributed by atoms with Crippen molar-refractivity contribution in [3.8, 4) is 0 Å². The van der Waals surface area contributed by atoms with Gasteiger partial charge in [0.1, 0.15) is 6.10 Å². The fraction of sp³-hybridized carbons (Fsp3) is 0.800. The van der Waals surface area contributed by atoms with E-state index in [4.69, 9.17) is 14.2 Å². The summed E-state index contributed by atoms with van der Waals surface area (Å²) < 4.78 is 9.83. The van der Waals surface area contributed by atoms with Crippen LogP contribution < -0.4 is 0 Å². The minimum atomic E-state index is -2.94. The normalized spacial score (nSPS) is 19.9. The highest BCUT2D eigenvalue weighted by atomic mass is 32.9. The summed E-state index contributed by atoms with van der Waals surface area (Å²) in [6.07, 6.45) is -0.465. The van der Waals surface area contributed by atoms with Crippen molar-refractivity contribution >= 4 is 35.6 Å². The lowest BCUT2D eigenvalue weighted by Gasteiger charge is -2.16. The van der Waals surface area contributed by atoms with Crippen molar-refractivity contribution in [2.24, 2.45) is 4.99 Å². The lowest BCUT2D eigenvalue weighted by Crippen LogP contribution is -2.20. The molecule has 0 aromatic carbocycles. The summed E-state index contributed by atoms with van der Waals surface area (Å²) in [4.78, 5) is 12.9. The predicted molar refractivity (Wildman–Crippen MR) is 56.4 cm³/mol. The van der Waals surface area contributed by atoms with Gasteiger partial charge < -0.3 is 14.2 Å². The molecule has 0 rings (SSSR count). The van der Waals surface area contributed by atoms with Gasteiger partial charge in [-0.2, -0.15) is 0 Å². The third kappa shape index (κ3) is 5.11. The van der Waals surface area contributed by atoms with E-state index >= 15 is 0 Å². The molecular formula is C5H12NO3PS2. The van der Waals surface area contributed by atoms with Gasteiger partial charge in [0.25, 0.3) is 0 Å². The van der Waals surface area contributed by atoms with E-state index in [1.807, 2.05) is 0 Å². The predicted octanol–water partition coefficient (Wildman–Crippen LogP) is 1.21. The molecule has 0 aliphatic rings. The van der Waals surface area contributed by atoms with Crippen LogP contribution in [0.2, 0.25) is 0 Å². The van der Waals surface area contributed by atoms with Crippen LogP contribution in [0.3, 0.4) is 0 Å². The number of ether oxygens (including phenoxy) is 1. The van der Waals surface area contributed by atoms with Gasteiger partial charge in [0.15, 0.2) is 0 Å². The molecule has 0 spiro atoms. The lowest BCUT2D eigenvalue weighted by atomic mass is 10.4. The molecule has 7 heteroatoms. The van der Waals surface area contributed by atoms with E-state index in [0.29, 0.717) is 5.90 Å². The summed E-state index contributed by atoms with van der Waals surface area (Å²) in [5.74, 6) is 0.382. The van der Waals surface area contributed by atoms with Crippen LogP contribution in [0.4, 0.5) is 0 Å². The smallest absolute Gasteiger partial charge is 0.242 e. The first-order valence-corrected chi connectivity index (χ1v) is 6.98. The van der Waals surface area contributed by atoms with Gasteiger partial charge in [-0.3, -0.25) is 4.99 Å². The number of aliphatic imine (C=N–C) groups is 1. The first-order chi connectivity index (χ1) is 5.40. The summed E-state index contributed by atoms with van der Waals surface area (Å²) in [5, 5.41) is 0. The molecule has 2 unspecified atom stereocenters. The van der Waals surface area contributed by atoms with Crippen LogP contribution in [0.25, 0.3) is 0 Å². The number of thiol groups is 1. The van der Waals surface area contributed by atoms with E-state index in [2.05, 4.69) is 29.0 Å². The standard InChI is InChI=1S/C5H12NO3PS2/c1-4(5(6-2)8-3)9-10(7,11)12/h4H,1-3H3,(H2,7,11,12). The van der Waals surface area contributed by atoms with Gasteiger partial charge in [0.2, 0.25) is 11.6 Å². The molecule has 0 fully saturated rings. The molecule has 0 heterocycles. The van der Waals surface area contributed by atoms with Gasteiger partial charge in [-0.05, 0) is 18.7 Å². The monoisotopic (exact) mass is 229 g/mol. The molecule has 0 aliphatic heterocycles. The van der Waals surface area contributed by atoms with Crippen molar-refractivity contribution in [3.63, 3.8) is 0 Å². The Hall–Kier alpha value is 0.390. The molecule has 0 aromatic rings. The molecule has 1 N–H and O–H groups in total. The minimum absolute atomic E-state index is 0.382. The van der Waals surface area contributed by atoms with Crippen molar-refractivity contribution in [2.75, 3.05) is 14.2 Å². The second kappa shape index (κ2) is 5.19. The van der Waals surface area contributed by atoms with Crippen LogP contribution >= 0.6 is 17.9 Å². The number of hydrogen-bond donors (Lipinski definition) is 2. The maximum atomic E-state index is 9.09. The van der Waals surface area contributed by atoms with E-state index in [0.717, 1.165) is 0 Å². The molecule has 72 valence electrons. The topological polar surface area (TPSA) is 51.0 Å². The molecule has 0 radical (unpaired) electrons. The van der Waals surface area contributed by atoms with Crippen LogP contribution in [-0.4, -0.2) is 31.1 Å². The second-order valence-corrected chi connectivity index (χ2v) is 7.12. The molecule has 0 amide bonds.